The van der Waals surface area contributed by atoms with E-state index in [2.05, 4.69) is 20.9 Å². The molecule has 0 saturated heterocycles. The number of anilines is 1. The molecule has 0 radical (unpaired) electrons. The zero-order chi connectivity index (χ0) is 22.9. The molecule has 0 bridgehead atoms. The van der Waals surface area contributed by atoms with Crippen molar-refractivity contribution in [1.82, 2.24) is 4.98 Å². The zero-order valence-corrected chi connectivity index (χ0v) is 18.5. The number of rotatable bonds is 6. The number of nitrogens with one attached hydrogen (secondary N) is 1. The van der Waals surface area contributed by atoms with Crippen LogP contribution in [0.25, 0.3) is 11.1 Å². The summed E-state index contributed by atoms with van der Waals surface area (Å²) in [5.74, 6) is -3.48. The second-order valence-corrected chi connectivity index (χ2v) is 8.01. The highest BCUT2D eigenvalue weighted by Crippen LogP contribution is 2.38. The molecule has 1 heterocycles. The van der Waals surface area contributed by atoms with E-state index in [0.717, 1.165) is 0 Å². The molecule has 0 fully saturated rings. The lowest BCUT2D eigenvalue weighted by Gasteiger charge is -2.17. The summed E-state index contributed by atoms with van der Waals surface area (Å²) in [4.78, 5) is 38.1. The van der Waals surface area contributed by atoms with Crippen molar-refractivity contribution in [1.29, 1.82) is 0 Å². The molecule has 8 nitrogen and oxygen atoms in total. The molecule has 0 saturated carbocycles. The molecule has 3 aromatic rings. The molecule has 0 aliphatic carbocycles. The number of carboxylic acid groups (broad SMARTS) is 2. The summed E-state index contributed by atoms with van der Waals surface area (Å²) in [6, 6.07) is 9.43. The van der Waals surface area contributed by atoms with Gasteiger partial charge in [-0.3, -0.25) is 4.79 Å². The highest BCUT2D eigenvalue weighted by Gasteiger charge is 2.28. The topological polar surface area (TPSA) is 143 Å². The number of nitrogens with two attached hydrogens (primary N) is 1. The van der Waals surface area contributed by atoms with Gasteiger partial charge < -0.3 is 25.7 Å². The Kier molecular flexibility index (Phi) is 6.59. The van der Waals surface area contributed by atoms with E-state index in [1.165, 1.54) is 12.1 Å². The maximum atomic E-state index is 12.3. The molecule has 0 unspecified atom stereocenters. The first-order chi connectivity index (χ1) is 14.6. The molecular weight excluding hydrogens is 515 g/mol. The Balaban J connectivity index is 2.21. The van der Waals surface area contributed by atoms with Crippen molar-refractivity contribution < 1.29 is 24.5 Å². The highest BCUT2D eigenvalue weighted by molar-refractivity contribution is 9.10. The number of aromatic amines is 1. The molecule has 31 heavy (non-hydrogen) atoms. The molecular formula is C20H13BrCl2N2O6. The lowest BCUT2D eigenvalue weighted by atomic mass is 9.94. The summed E-state index contributed by atoms with van der Waals surface area (Å²) in [6.45, 7) is 0.00893. The number of nitrogen functional groups attached to an aromatic ring is 1. The third-order valence-corrected chi connectivity index (χ3v) is 5.49. The lowest BCUT2D eigenvalue weighted by molar-refractivity contribution is 0.0695. The predicted octanol–water partition coefficient (Wildman–Crippen LogP) is 4.67. The van der Waals surface area contributed by atoms with E-state index >= 15 is 0 Å². The van der Waals surface area contributed by atoms with Crippen LogP contribution in [0.4, 0.5) is 5.82 Å². The van der Waals surface area contributed by atoms with Gasteiger partial charge in [0.05, 0.1) is 10.0 Å². The Hall–Kier alpha value is -3.01. The van der Waals surface area contributed by atoms with Gasteiger partial charge in [0.15, 0.2) is 0 Å². The van der Waals surface area contributed by atoms with Gasteiger partial charge in [-0.25, -0.2) is 9.59 Å². The molecule has 3 rings (SSSR count). The fraction of sp³-hybridized carbons (Fsp3) is 0.0500. The van der Waals surface area contributed by atoms with Crippen LogP contribution in [0, 0.1) is 0 Å². The van der Waals surface area contributed by atoms with Crippen LogP contribution in [-0.4, -0.2) is 27.1 Å². The molecule has 2 aromatic carbocycles. The fourth-order valence-corrected chi connectivity index (χ4v) is 3.61. The lowest BCUT2D eigenvalue weighted by Crippen LogP contribution is -2.24. The van der Waals surface area contributed by atoms with Crippen LogP contribution in [0.3, 0.4) is 0 Å². The number of H-pyrrole nitrogens is 1. The van der Waals surface area contributed by atoms with Gasteiger partial charge in [0.25, 0.3) is 5.56 Å². The maximum absolute atomic E-state index is 12.3. The van der Waals surface area contributed by atoms with Gasteiger partial charge >= 0.3 is 11.9 Å². The van der Waals surface area contributed by atoms with E-state index in [4.69, 9.17) is 33.7 Å². The number of ether oxygens (including phenoxy) is 1. The van der Waals surface area contributed by atoms with E-state index in [1.807, 2.05) is 0 Å². The number of halogens is 3. The number of carbonyl (C=O) groups is 2. The number of aromatic nitrogens is 1. The van der Waals surface area contributed by atoms with Gasteiger partial charge in [0.1, 0.15) is 29.3 Å². The normalized spacial score (nSPS) is 10.7. The minimum absolute atomic E-state index is 0.00893. The molecule has 11 heteroatoms. The van der Waals surface area contributed by atoms with Gasteiger partial charge in [-0.05, 0) is 35.9 Å². The summed E-state index contributed by atoms with van der Waals surface area (Å²) in [5, 5.41) is 19.9. The smallest absolute Gasteiger partial charge is 0.342 e. The molecule has 0 spiro atoms. The third kappa shape index (κ3) is 4.68. The Bertz CT molecular complexity index is 1280. The Morgan fingerprint density at radius 2 is 1.71 bits per heavy atom. The Labute approximate surface area is 193 Å². The van der Waals surface area contributed by atoms with Gasteiger partial charge in [-0.1, -0.05) is 45.2 Å². The zero-order valence-electron chi connectivity index (χ0n) is 15.4. The minimum atomic E-state index is -1.62. The SMILES string of the molecule is Nc1[nH]c(=O)c(C(=O)O)c(-c2cc(Br)ccc2OCc2ccc(Cl)c(Cl)c2)c1C(=O)O. The average Bonchev–Trinajstić information content (AvgIpc) is 2.68. The van der Waals surface area contributed by atoms with Crippen LogP contribution in [0.5, 0.6) is 5.75 Å². The Morgan fingerprint density at radius 1 is 1.03 bits per heavy atom. The summed E-state index contributed by atoms with van der Waals surface area (Å²) in [6.07, 6.45) is 0. The van der Waals surface area contributed by atoms with Crippen molar-refractivity contribution in [3.8, 4) is 16.9 Å². The van der Waals surface area contributed by atoms with Crippen molar-refractivity contribution in [3.63, 3.8) is 0 Å². The molecule has 0 amide bonds. The number of carboxylic acids is 2. The van der Waals surface area contributed by atoms with E-state index in [9.17, 15) is 24.6 Å². The van der Waals surface area contributed by atoms with Crippen LogP contribution in [0.2, 0.25) is 10.0 Å². The summed E-state index contributed by atoms with van der Waals surface area (Å²) >= 11 is 15.2. The van der Waals surface area contributed by atoms with E-state index in [1.54, 1.807) is 24.3 Å². The largest absolute Gasteiger partial charge is 0.488 e. The standard InChI is InChI=1S/C20H13BrCl2N2O6/c21-9-2-4-13(31-7-8-1-3-11(22)12(23)5-8)10(6-9)14-15(19(27)28)17(24)25-18(26)16(14)20(29)30/h1-6H,7H2,(H,27,28)(H,29,30)(H3,24,25,26). The fourth-order valence-electron chi connectivity index (χ4n) is 2.93. The summed E-state index contributed by atoms with van der Waals surface area (Å²) in [7, 11) is 0. The van der Waals surface area contributed by atoms with Crippen LogP contribution in [0.1, 0.15) is 26.3 Å². The van der Waals surface area contributed by atoms with Gasteiger partial charge in [0, 0.05) is 15.6 Å². The minimum Gasteiger partial charge on any atom is -0.488 e. The summed E-state index contributed by atoms with van der Waals surface area (Å²) < 4.78 is 6.31. The second-order valence-electron chi connectivity index (χ2n) is 6.28. The van der Waals surface area contributed by atoms with Crippen molar-refractivity contribution in [3.05, 3.63) is 78.0 Å². The van der Waals surface area contributed by atoms with Crippen LogP contribution >= 0.6 is 39.1 Å². The van der Waals surface area contributed by atoms with Crippen molar-refractivity contribution in [2.24, 2.45) is 0 Å². The quantitative estimate of drug-likeness (QED) is 0.364. The average molecular weight is 528 g/mol. The van der Waals surface area contributed by atoms with E-state index in [-0.39, 0.29) is 23.5 Å². The Morgan fingerprint density at radius 3 is 2.32 bits per heavy atom. The number of aromatic carboxylic acids is 2. The number of hydrogen-bond donors (Lipinski definition) is 4. The highest BCUT2D eigenvalue weighted by atomic mass is 79.9. The number of hydrogen-bond acceptors (Lipinski definition) is 5. The van der Waals surface area contributed by atoms with Gasteiger partial charge in [0.2, 0.25) is 0 Å². The van der Waals surface area contributed by atoms with Crippen molar-refractivity contribution >= 4 is 56.9 Å². The van der Waals surface area contributed by atoms with E-state index in [0.29, 0.717) is 20.1 Å². The number of pyridine rings is 1. The van der Waals surface area contributed by atoms with Crippen molar-refractivity contribution in [2.45, 2.75) is 6.61 Å². The third-order valence-electron chi connectivity index (χ3n) is 4.26. The molecule has 160 valence electrons. The van der Waals surface area contributed by atoms with E-state index < -0.39 is 34.4 Å². The predicted molar refractivity (Wildman–Crippen MR) is 119 cm³/mol. The second kappa shape index (κ2) is 9.01. The van der Waals surface area contributed by atoms with Crippen molar-refractivity contribution in [2.75, 3.05) is 5.73 Å². The molecule has 0 aliphatic heterocycles. The van der Waals surface area contributed by atoms with Crippen LogP contribution in [0.15, 0.2) is 45.7 Å². The molecule has 5 N–H and O–H groups in total. The van der Waals surface area contributed by atoms with Gasteiger partial charge in [-0.15, -0.1) is 0 Å². The summed E-state index contributed by atoms with van der Waals surface area (Å²) in [5.41, 5.74) is 3.68. The number of benzene rings is 2. The first kappa shape index (κ1) is 22.7. The molecule has 0 atom stereocenters. The first-order valence-electron chi connectivity index (χ1n) is 8.49. The van der Waals surface area contributed by atoms with Crippen LogP contribution < -0.4 is 16.0 Å². The molecule has 0 aliphatic rings. The first-order valence-corrected chi connectivity index (χ1v) is 10.0. The monoisotopic (exact) mass is 526 g/mol. The van der Waals surface area contributed by atoms with Gasteiger partial charge in [-0.2, -0.15) is 0 Å². The van der Waals surface area contributed by atoms with Crippen LogP contribution in [-0.2, 0) is 6.61 Å². The molecule has 1 aromatic heterocycles. The maximum Gasteiger partial charge on any atom is 0.342 e.